The molecule has 2 nitrogen and oxygen atoms in total. The summed E-state index contributed by atoms with van der Waals surface area (Å²) in [5, 5.41) is 0. The topological polar surface area (TPSA) is 18.5 Å². The van der Waals surface area contributed by atoms with Gasteiger partial charge in [0.05, 0.1) is 12.4 Å². The summed E-state index contributed by atoms with van der Waals surface area (Å²) in [6.07, 6.45) is -0.413. The van der Waals surface area contributed by atoms with Crippen LogP contribution >= 0.6 is 0 Å². The zero-order chi connectivity index (χ0) is 12.2. The van der Waals surface area contributed by atoms with E-state index in [0.29, 0.717) is 0 Å². The first-order valence-electron chi connectivity index (χ1n) is 4.89. The second-order valence-corrected chi connectivity index (χ2v) is 3.50. The fraction of sp³-hybridized carbons (Fsp3) is 0.400. The van der Waals surface area contributed by atoms with Gasteiger partial charge in [-0.25, -0.2) is 0 Å². The van der Waals surface area contributed by atoms with Gasteiger partial charge in [-0.15, -0.1) is 0 Å². The molecule has 0 aromatic heterocycles. The Morgan fingerprint density at radius 1 is 1.24 bits per heavy atom. The van der Waals surface area contributed by atoms with Crippen LogP contribution in [0.4, 0.5) is 12.9 Å². The summed E-state index contributed by atoms with van der Waals surface area (Å²) in [6.45, 7) is -3.14. The number of benzene rings is 1. The molecule has 90 valence electrons. The monoisotopic (exact) mass is 272 g/mol. The molecule has 1 aromatic rings. The normalized spacial score (nSPS) is 12.8. The summed E-state index contributed by atoms with van der Waals surface area (Å²) in [4.78, 5) is 0. The van der Waals surface area contributed by atoms with Crippen LogP contribution in [-0.4, -0.2) is 26.8 Å². The van der Waals surface area contributed by atoms with E-state index in [1.807, 2.05) is 0 Å². The average molecular weight is 272 g/mol. The summed E-state index contributed by atoms with van der Waals surface area (Å²) in [5.74, 6) is -0.139. The van der Waals surface area contributed by atoms with Gasteiger partial charge in [-0.3, -0.25) is 0 Å². The summed E-state index contributed by atoms with van der Waals surface area (Å²) in [6, 6.07) is 5.20. The Morgan fingerprint density at radius 2 is 1.82 bits per heavy atom. The van der Waals surface area contributed by atoms with Gasteiger partial charge in [0.2, 0.25) is 0 Å². The Kier molecular flexibility index (Phi) is 8.02. The molecule has 7 heteroatoms. The van der Waals surface area contributed by atoms with Crippen LogP contribution < -0.4 is 61.6 Å². The molecule has 1 rings (SSSR count). The molecule has 1 atom stereocenters. The maximum atomic E-state index is 12.6. The van der Waals surface area contributed by atoms with Crippen LogP contribution in [-0.2, 0) is 4.74 Å². The van der Waals surface area contributed by atoms with Crippen molar-refractivity contribution in [2.24, 2.45) is 0 Å². The average Bonchev–Trinajstić information content (AvgIpc) is 2.17. The van der Waals surface area contributed by atoms with Crippen LogP contribution in [0.15, 0.2) is 24.3 Å². The van der Waals surface area contributed by atoms with Crippen LogP contribution in [0.5, 0.6) is 5.75 Å². The van der Waals surface area contributed by atoms with E-state index in [0.717, 1.165) is 6.07 Å². The molecule has 0 heterocycles. The smallest absolute Gasteiger partial charge is 0.491 e. The van der Waals surface area contributed by atoms with Gasteiger partial charge < -0.3 is 22.4 Å². The van der Waals surface area contributed by atoms with Gasteiger partial charge >= 0.3 is 58.4 Å². The van der Waals surface area contributed by atoms with E-state index in [4.69, 9.17) is 9.47 Å². The molecule has 0 saturated carbocycles. The van der Waals surface area contributed by atoms with Crippen LogP contribution in [0.3, 0.4) is 0 Å². The molecule has 0 aliphatic heterocycles. The minimum Gasteiger partial charge on any atom is -0.491 e. The summed E-state index contributed by atoms with van der Waals surface area (Å²) >= 11 is 0. The van der Waals surface area contributed by atoms with E-state index in [1.165, 1.54) is 25.3 Å². The quantitative estimate of drug-likeness (QED) is 0.651. The van der Waals surface area contributed by atoms with Crippen molar-refractivity contribution in [3.8, 4) is 5.75 Å². The van der Waals surface area contributed by atoms with Crippen LogP contribution in [0, 0.1) is 0 Å². The van der Waals surface area contributed by atoms with Gasteiger partial charge in [0, 0.05) is 7.11 Å². The molecular formula is C10H13BF3KO2. The molecule has 0 fully saturated rings. The minimum atomic E-state index is -5.04. The Balaban J connectivity index is 0.00000256. The predicted molar refractivity (Wildman–Crippen MR) is 57.1 cm³/mol. The molecule has 0 aliphatic rings. The molecule has 1 aromatic carbocycles. The Bertz CT molecular complexity index is 347. The van der Waals surface area contributed by atoms with E-state index in [1.54, 1.807) is 6.92 Å². The molecule has 0 spiro atoms. The molecule has 0 radical (unpaired) electrons. The number of hydrogen-bond donors (Lipinski definition) is 0. The number of para-hydroxylation sites is 1. The number of rotatable bonds is 5. The number of ether oxygens (including phenoxy) is 2. The van der Waals surface area contributed by atoms with Gasteiger partial charge in [-0.2, -0.15) is 0 Å². The third kappa shape index (κ3) is 5.76. The van der Waals surface area contributed by atoms with E-state index < -0.39 is 18.5 Å². The fourth-order valence-electron chi connectivity index (χ4n) is 1.34. The van der Waals surface area contributed by atoms with E-state index in [9.17, 15) is 12.9 Å². The van der Waals surface area contributed by atoms with Gasteiger partial charge in [0.25, 0.3) is 0 Å². The first-order chi connectivity index (χ1) is 7.45. The van der Waals surface area contributed by atoms with Crippen molar-refractivity contribution in [2.75, 3.05) is 13.7 Å². The third-order valence-corrected chi connectivity index (χ3v) is 2.00. The SMILES string of the molecule is COCC(C)Oc1ccccc1[B-](F)(F)F.[K+]. The molecule has 0 saturated heterocycles. The Morgan fingerprint density at radius 3 is 2.35 bits per heavy atom. The van der Waals surface area contributed by atoms with Crippen molar-refractivity contribution in [1.82, 2.24) is 0 Å². The Labute approximate surface area is 141 Å². The van der Waals surface area contributed by atoms with Gasteiger partial charge in [-0.05, 0) is 13.0 Å². The zero-order valence-corrected chi connectivity index (χ0v) is 13.2. The molecule has 1 unspecified atom stereocenters. The van der Waals surface area contributed by atoms with Crippen molar-refractivity contribution in [2.45, 2.75) is 13.0 Å². The molecule has 0 aliphatic carbocycles. The van der Waals surface area contributed by atoms with Gasteiger partial charge in [0.15, 0.2) is 0 Å². The Hall–Kier alpha value is 0.471. The van der Waals surface area contributed by atoms with Crippen molar-refractivity contribution in [3.63, 3.8) is 0 Å². The van der Waals surface area contributed by atoms with Gasteiger partial charge in [-0.1, -0.05) is 23.7 Å². The number of methoxy groups -OCH3 is 1. The van der Waals surface area contributed by atoms with Crippen molar-refractivity contribution >= 4 is 12.4 Å². The van der Waals surface area contributed by atoms with Crippen LogP contribution in [0.2, 0.25) is 0 Å². The maximum Gasteiger partial charge on any atom is 1.00 e. The van der Waals surface area contributed by atoms with E-state index in [2.05, 4.69) is 0 Å². The van der Waals surface area contributed by atoms with Crippen molar-refractivity contribution in [3.05, 3.63) is 24.3 Å². The number of hydrogen-bond acceptors (Lipinski definition) is 2. The second kappa shape index (κ2) is 7.81. The van der Waals surface area contributed by atoms with Crippen LogP contribution in [0.25, 0.3) is 0 Å². The molecule has 0 bridgehead atoms. The van der Waals surface area contributed by atoms with Gasteiger partial charge in [0.1, 0.15) is 6.10 Å². The molecular weight excluding hydrogens is 259 g/mol. The van der Waals surface area contributed by atoms with Crippen molar-refractivity contribution in [1.29, 1.82) is 0 Å². The summed E-state index contributed by atoms with van der Waals surface area (Å²) in [7, 11) is 1.47. The zero-order valence-electron chi connectivity index (χ0n) is 10.1. The fourth-order valence-corrected chi connectivity index (χ4v) is 1.34. The largest absolute Gasteiger partial charge is 1.00 e. The molecule has 17 heavy (non-hydrogen) atoms. The van der Waals surface area contributed by atoms with E-state index >= 15 is 0 Å². The minimum absolute atomic E-state index is 0. The van der Waals surface area contributed by atoms with Crippen LogP contribution in [0.1, 0.15) is 6.92 Å². The first-order valence-corrected chi connectivity index (χ1v) is 4.89. The van der Waals surface area contributed by atoms with E-state index in [-0.39, 0.29) is 63.7 Å². The predicted octanol–water partition coefficient (Wildman–Crippen LogP) is -0.841. The second-order valence-electron chi connectivity index (χ2n) is 3.50. The molecule has 0 N–H and O–H groups in total. The van der Waals surface area contributed by atoms with Crippen molar-refractivity contribution < 1.29 is 73.8 Å². The molecule has 0 amide bonds. The standard InChI is InChI=1S/C10H13BF3O2.K/c1-8(7-15-2)16-10-6-4-3-5-9(10)11(12,13)14;/h3-6,8H,7H2,1-2H3;/q-1;+1. The summed E-state index contributed by atoms with van der Waals surface area (Å²) in [5.41, 5.74) is -0.703. The third-order valence-electron chi connectivity index (χ3n) is 2.00. The first kappa shape index (κ1) is 17.5. The maximum absolute atomic E-state index is 12.6. The number of halogens is 3. The summed E-state index contributed by atoms with van der Waals surface area (Å²) < 4.78 is 47.9.